The number of halogens is 1. The topological polar surface area (TPSA) is 69.1 Å². The lowest BCUT2D eigenvalue weighted by Gasteiger charge is -2.37. The average Bonchev–Trinajstić information content (AvgIpc) is 2.93. The molecular weight excluding hydrogens is 412 g/mol. The van der Waals surface area contributed by atoms with Crippen molar-refractivity contribution in [1.29, 1.82) is 0 Å². The number of hydrogen-bond acceptors (Lipinski definition) is 6. The number of rotatable bonds is 2. The van der Waals surface area contributed by atoms with Gasteiger partial charge in [-0.25, -0.2) is 9.78 Å². The third kappa shape index (κ3) is 5.04. The molecule has 150 valence electrons. The van der Waals surface area contributed by atoms with Gasteiger partial charge >= 0.3 is 6.09 Å². The maximum absolute atomic E-state index is 12.3. The van der Waals surface area contributed by atoms with Gasteiger partial charge in [0.05, 0.1) is 11.3 Å². The van der Waals surface area contributed by atoms with Crippen LogP contribution in [0.4, 0.5) is 16.3 Å². The Balaban J connectivity index is 1.70. The van der Waals surface area contributed by atoms with E-state index >= 15 is 0 Å². The van der Waals surface area contributed by atoms with Crippen molar-refractivity contribution in [1.82, 2.24) is 9.88 Å². The first-order chi connectivity index (χ1) is 12.5. The van der Waals surface area contributed by atoms with Crippen LogP contribution in [-0.4, -0.2) is 71.6 Å². The van der Waals surface area contributed by atoms with Crippen LogP contribution in [0.1, 0.15) is 34.1 Å². The Hall–Kier alpha value is -1.54. The van der Waals surface area contributed by atoms with Crippen molar-refractivity contribution in [2.45, 2.75) is 45.3 Å². The SMILES string of the molecule is CC1(O)CCN(c2cc(Br)cnc2N2CCN(C(=O)OC(C)(C)C)CC2)C1. The lowest BCUT2D eigenvalue weighted by molar-refractivity contribution is 0.0240. The lowest BCUT2D eigenvalue weighted by atomic mass is 10.1. The molecule has 3 rings (SSSR count). The third-order valence-corrected chi connectivity index (χ3v) is 5.27. The number of nitrogens with zero attached hydrogens (tertiary/aromatic N) is 4. The summed E-state index contributed by atoms with van der Waals surface area (Å²) in [4.78, 5) is 23.1. The standard InChI is InChI=1S/C19H29BrN4O3/c1-18(2,3)27-17(25)23-9-7-22(8-10-23)16-15(11-14(20)12-21-16)24-6-5-19(4,26)13-24/h11-12,26H,5-10,13H2,1-4H3. The van der Waals surface area contributed by atoms with Crippen LogP contribution in [0.5, 0.6) is 0 Å². The molecule has 2 saturated heterocycles. The third-order valence-electron chi connectivity index (χ3n) is 4.84. The Morgan fingerprint density at radius 3 is 2.44 bits per heavy atom. The molecule has 0 aromatic carbocycles. The second-order valence-electron chi connectivity index (χ2n) is 8.62. The van der Waals surface area contributed by atoms with E-state index in [0.717, 1.165) is 28.9 Å². The van der Waals surface area contributed by atoms with Crippen LogP contribution in [0.2, 0.25) is 0 Å². The van der Waals surface area contributed by atoms with Gasteiger partial charge in [0.25, 0.3) is 0 Å². The van der Waals surface area contributed by atoms with Crippen LogP contribution in [0.3, 0.4) is 0 Å². The number of carbonyl (C=O) groups is 1. The maximum atomic E-state index is 12.3. The van der Waals surface area contributed by atoms with Crippen molar-refractivity contribution >= 4 is 33.5 Å². The number of amides is 1. The van der Waals surface area contributed by atoms with Crippen LogP contribution in [0.15, 0.2) is 16.7 Å². The Morgan fingerprint density at radius 2 is 1.89 bits per heavy atom. The minimum atomic E-state index is -0.672. The maximum Gasteiger partial charge on any atom is 0.410 e. The minimum Gasteiger partial charge on any atom is -0.444 e. The summed E-state index contributed by atoms with van der Waals surface area (Å²) < 4.78 is 6.39. The predicted octanol–water partition coefficient (Wildman–Crippen LogP) is 2.86. The molecule has 0 saturated carbocycles. The molecule has 0 radical (unpaired) electrons. The fourth-order valence-electron chi connectivity index (χ4n) is 3.48. The normalized spacial score (nSPS) is 23.7. The van der Waals surface area contributed by atoms with Crippen LogP contribution in [0, 0.1) is 0 Å². The van der Waals surface area contributed by atoms with E-state index < -0.39 is 11.2 Å². The molecule has 2 aliphatic heterocycles. The van der Waals surface area contributed by atoms with Gasteiger partial charge in [0, 0.05) is 49.9 Å². The fraction of sp³-hybridized carbons (Fsp3) is 0.684. The van der Waals surface area contributed by atoms with Gasteiger partial charge < -0.3 is 24.5 Å². The second-order valence-corrected chi connectivity index (χ2v) is 9.53. The Morgan fingerprint density at radius 1 is 1.22 bits per heavy atom. The average molecular weight is 441 g/mol. The largest absolute Gasteiger partial charge is 0.444 e. The minimum absolute atomic E-state index is 0.262. The number of piperazine rings is 1. The smallest absolute Gasteiger partial charge is 0.410 e. The number of pyridine rings is 1. The van der Waals surface area contributed by atoms with Gasteiger partial charge in [-0.3, -0.25) is 0 Å². The summed E-state index contributed by atoms with van der Waals surface area (Å²) in [5.41, 5.74) is -0.135. The molecule has 27 heavy (non-hydrogen) atoms. The molecule has 1 aromatic rings. The zero-order valence-corrected chi connectivity index (χ0v) is 18.1. The molecule has 1 atom stereocenters. The molecule has 1 amide bonds. The second kappa shape index (κ2) is 7.47. The Bertz CT molecular complexity index is 697. The van der Waals surface area contributed by atoms with E-state index in [1.54, 1.807) is 11.1 Å². The van der Waals surface area contributed by atoms with Crippen LogP contribution >= 0.6 is 15.9 Å². The van der Waals surface area contributed by atoms with Crippen molar-refractivity contribution in [3.63, 3.8) is 0 Å². The van der Waals surface area contributed by atoms with E-state index in [4.69, 9.17) is 4.74 Å². The van der Waals surface area contributed by atoms with Crippen molar-refractivity contribution in [3.05, 3.63) is 16.7 Å². The molecule has 8 heteroatoms. The molecule has 0 aliphatic carbocycles. The van der Waals surface area contributed by atoms with E-state index in [9.17, 15) is 9.90 Å². The predicted molar refractivity (Wildman–Crippen MR) is 109 cm³/mol. The summed E-state index contributed by atoms with van der Waals surface area (Å²) in [6.45, 7) is 11.5. The quantitative estimate of drug-likeness (QED) is 0.762. The van der Waals surface area contributed by atoms with Gasteiger partial charge in [0.15, 0.2) is 5.82 Å². The summed E-state index contributed by atoms with van der Waals surface area (Å²) in [6.07, 6.45) is 2.28. The first-order valence-corrected chi connectivity index (χ1v) is 10.2. The molecule has 0 bridgehead atoms. The van der Waals surface area contributed by atoms with E-state index in [0.29, 0.717) is 32.7 Å². The Labute approximate surface area is 169 Å². The number of hydrogen-bond donors (Lipinski definition) is 1. The summed E-state index contributed by atoms with van der Waals surface area (Å²) in [7, 11) is 0. The molecule has 2 aliphatic rings. The highest BCUT2D eigenvalue weighted by Gasteiger charge is 2.34. The molecule has 1 N–H and O–H groups in total. The number of β-amino-alcohol motifs (C(OH)–C–C–N with tert-alkyl or cyclic N) is 1. The monoisotopic (exact) mass is 440 g/mol. The van der Waals surface area contributed by atoms with Crippen LogP contribution < -0.4 is 9.80 Å². The van der Waals surface area contributed by atoms with Crippen LogP contribution in [0.25, 0.3) is 0 Å². The first-order valence-electron chi connectivity index (χ1n) is 9.40. The number of aromatic nitrogens is 1. The van der Waals surface area contributed by atoms with Gasteiger partial charge in [-0.15, -0.1) is 0 Å². The number of aliphatic hydroxyl groups is 1. The van der Waals surface area contributed by atoms with Gasteiger partial charge in [-0.1, -0.05) is 0 Å². The van der Waals surface area contributed by atoms with Crippen molar-refractivity contribution < 1.29 is 14.6 Å². The van der Waals surface area contributed by atoms with Crippen molar-refractivity contribution in [2.24, 2.45) is 0 Å². The summed E-state index contributed by atoms with van der Waals surface area (Å²) in [6, 6.07) is 2.06. The van der Waals surface area contributed by atoms with Gasteiger partial charge in [-0.05, 0) is 56.1 Å². The van der Waals surface area contributed by atoms with Crippen molar-refractivity contribution in [3.8, 4) is 0 Å². The van der Waals surface area contributed by atoms with Crippen LogP contribution in [-0.2, 0) is 4.74 Å². The van der Waals surface area contributed by atoms with E-state index in [2.05, 4.69) is 36.8 Å². The number of ether oxygens (including phenoxy) is 1. The van der Waals surface area contributed by atoms with E-state index in [1.165, 1.54) is 0 Å². The molecular formula is C19H29BrN4O3. The highest BCUT2D eigenvalue weighted by atomic mass is 79.9. The van der Waals surface area contributed by atoms with E-state index in [1.807, 2.05) is 27.7 Å². The zero-order valence-electron chi connectivity index (χ0n) is 16.5. The number of carbonyl (C=O) groups excluding carboxylic acids is 1. The van der Waals surface area contributed by atoms with Gasteiger partial charge in [-0.2, -0.15) is 0 Å². The molecule has 7 nitrogen and oxygen atoms in total. The molecule has 1 aromatic heterocycles. The van der Waals surface area contributed by atoms with Gasteiger partial charge in [0.1, 0.15) is 5.60 Å². The van der Waals surface area contributed by atoms with Crippen molar-refractivity contribution in [2.75, 3.05) is 49.1 Å². The molecule has 3 heterocycles. The summed E-state index contributed by atoms with van der Waals surface area (Å²) >= 11 is 3.51. The first kappa shape index (κ1) is 20.2. The molecule has 1 unspecified atom stereocenters. The Kier molecular flexibility index (Phi) is 5.59. The number of anilines is 2. The molecule has 2 fully saturated rings. The zero-order chi connectivity index (χ0) is 19.8. The lowest BCUT2D eigenvalue weighted by Crippen LogP contribution is -2.50. The van der Waals surface area contributed by atoms with Gasteiger partial charge in [0.2, 0.25) is 0 Å². The highest BCUT2D eigenvalue weighted by Crippen LogP contribution is 2.35. The van der Waals surface area contributed by atoms with E-state index in [-0.39, 0.29) is 6.09 Å². The summed E-state index contributed by atoms with van der Waals surface area (Å²) in [5, 5.41) is 10.3. The fourth-order valence-corrected chi connectivity index (χ4v) is 3.79. The molecule has 0 spiro atoms. The highest BCUT2D eigenvalue weighted by molar-refractivity contribution is 9.10. The summed E-state index contributed by atoms with van der Waals surface area (Å²) in [5.74, 6) is 0.903.